The average Bonchev–Trinajstić information content (AvgIpc) is 2.48. The molecule has 0 saturated heterocycles. The summed E-state index contributed by atoms with van der Waals surface area (Å²) in [4.78, 5) is 4.38. The van der Waals surface area contributed by atoms with Crippen LogP contribution in [0.1, 0.15) is 43.0 Å². The molecule has 0 radical (unpaired) electrons. The van der Waals surface area contributed by atoms with Gasteiger partial charge in [0.05, 0.1) is 0 Å². The van der Waals surface area contributed by atoms with E-state index in [-0.39, 0.29) is 5.96 Å². The number of nitrogens with zero attached hydrogens (tertiary/aromatic N) is 1. The summed E-state index contributed by atoms with van der Waals surface area (Å²) in [6.45, 7) is 6.19. The summed E-state index contributed by atoms with van der Waals surface area (Å²) in [5, 5.41) is 14.1. The van der Waals surface area contributed by atoms with Crippen molar-refractivity contribution < 1.29 is 0 Å². The highest BCUT2D eigenvalue weighted by Gasteiger charge is 2.02. The molecule has 1 aromatic carbocycles. The Morgan fingerprint density at radius 3 is 2.43 bits per heavy atom. The zero-order valence-corrected chi connectivity index (χ0v) is 14.2. The molecule has 1 aromatic heterocycles. The Hall–Kier alpha value is -2.36. The van der Waals surface area contributed by atoms with Crippen molar-refractivity contribution in [3.05, 3.63) is 53.2 Å². The maximum Gasteiger partial charge on any atom is 0.198 e. The second-order valence-electron chi connectivity index (χ2n) is 5.95. The summed E-state index contributed by atoms with van der Waals surface area (Å²) in [6, 6.07) is 12.2. The lowest BCUT2D eigenvalue weighted by Crippen LogP contribution is -2.21. The van der Waals surface area contributed by atoms with E-state index in [0.29, 0.717) is 5.82 Å². The van der Waals surface area contributed by atoms with Crippen LogP contribution >= 0.6 is 0 Å². The molecule has 0 saturated carbocycles. The van der Waals surface area contributed by atoms with Crippen LogP contribution in [-0.4, -0.2) is 10.9 Å². The molecule has 122 valence electrons. The number of nitrogens with one attached hydrogen (secondary N) is 3. The SMILES string of the molecule is CCCCCc1ccc(NC(=N)Nc2cc(C)cc(C)n2)cc1. The van der Waals surface area contributed by atoms with Crippen molar-refractivity contribution in [3.8, 4) is 0 Å². The Kier molecular flexibility index (Phi) is 6.15. The van der Waals surface area contributed by atoms with Crippen LogP contribution in [0.3, 0.4) is 0 Å². The number of unbranched alkanes of at least 4 members (excludes halogenated alkanes) is 2. The molecule has 0 unspecified atom stereocenters. The highest BCUT2D eigenvalue weighted by molar-refractivity contribution is 6.00. The molecule has 0 bridgehead atoms. The molecule has 0 amide bonds. The quantitative estimate of drug-likeness (QED) is 0.404. The van der Waals surface area contributed by atoms with E-state index < -0.39 is 0 Å². The summed E-state index contributed by atoms with van der Waals surface area (Å²) in [6.07, 6.45) is 4.88. The Balaban J connectivity index is 1.89. The smallest absolute Gasteiger partial charge is 0.198 e. The Morgan fingerprint density at radius 1 is 1.04 bits per heavy atom. The first-order valence-electron chi connectivity index (χ1n) is 8.23. The number of aryl methyl sites for hydroxylation is 3. The molecular formula is C19H26N4. The third-order valence-electron chi connectivity index (χ3n) is 3.64. The number of rotatable bonds is 6. The first-order valence-corrected chi connectivity index (χ1v) is 8.23. The van der Waals surface area contributed by atoms with Crippen LogP contribution in [0.2, 0.25) is 0 Å². The molecule has 0 fully saturated rings. The van der Waals surface area contributed by atoms with Gasteiger partial charge in [-0.1, -0.05) is 31.9 Å². The molecule has 3 N–H and O–H groups in total. The van der Waals surface area contributed by atoms with Gasteiger partial charge in [-0.2, -0.15) is 0 Å². The van der Waals surface area contributed by atoms with Gasteiger partial charge in [-0.05, 0) is 62.1 Å². The van der Waals surface area contributed by atoms with E-state index in [1.807, 2.05) is 38.1 Å². The van der Waals surface area contributed by atoms with Gasteiger partial charge < -0.3 is 10.6 Å². The first kappa shape index (κ1) is 17.0. The van der Waals surface area contributed by atoms with Gasteiger partial charge in [0.15, 0.2) is 5.96 Å². The molecular weight excluding hydrogens is 284 g/mol. The van der Waals surface area contributed by atoms with E-state index in [9.17, 15) is 0 Å². The third kappa shape index (κ3) is 5.74. The van der Waals surface area contributed by atoms with Crippen molar-refractivity contribution in [2.75, 3.05) is 10.6 Å². The molecule has 0 spiro atoms. The highest BCUT2D eigenvalue weighted by Crippen LogP contribution is 2.13. The van der Waals surface area contributed by atoms with Gasteiger partial charge in [-0.15, -0.1) is 0 Å². The van der Waals surface area contributed by atoms with Crippen LogP contribution in [0.5, 0.6) is 0 Å². The zero-order valence-electron chi connectivity index (χ0n) is 14.2. The monoisotopic (exact) mass is 310 g/mol. The lowest BCUT2D eigenvalue weighted by molar-refractivity contribution is 0.717. The predicted octanol–water partition coefficient (Wildman–Crippen LogP) is 4.89. The summed E-state index contributed by atoms with van der Waals surface area (Å²) in [5.74, 6) is 0.914. The summed E-state index contributed by atoms with van der Waals surface area (Å²) >= 11 is 0. The molecule has 23 heavy (non-hydrogen) atoms. The van der Waals surface area contributed by atoms with E-state index >= 15 is 0 Å². The lowest BCUT2D eigenvalue weighted by atomic mass is 10.1. The van der Waals surface area contributed by atoms with Crippen molar-refractivity contribution in [1.29, 1.82) is 5.41 Å². The number of anilines is 2. The Morgan fingerprint density at radius 2 is 1.78 bits per heavy atom. The summed E-state index contributed by atoms with van der Waals surface area (Å²) in [7, 11) is 0. The molecule has 0 atom stereocenters. The highest BCUT2D eigenvalue weighted by atomic mass is 15.2. The van der Waals surface area contributed by atoms with Gasteiger partial charge in [0.25, 0.3) is 0 Å². The van der Waals surface area contributed by atoms with E-state index in [0.717, 1.165) is 23.4 Å². The second-order valence-corrected chi connectivity index (χ2v) is 5.95. The third-order valence-corrected chi connectivity index (χ3v) is 3.64. The van der Waals surface area contributed by atoms with Crippen LogP contribution in [0.25, 0.3) is 0 Å². The van der Waals surface area contributed by atoms with Gasteiger partial charge in [0, 0.05) is 11.4 Å². The van der Waals surface area contributed by atoms with Crippen molar-refractivity contribution in [1.82, 2.24) is 4.98 Å². The average molecular weight is 310 g/mol. The van der Waals surface area contributed by atoms with Gasteiger partial charge >= 0.3 is 0 Å². The fourth-order valence-electron chi connectivity index (χ4n) is 2.54. The van der Waals surface area contributed by atoms with Gasteiger partial charge in [0.1, 0.15) is 5.82 Å². The van der Waals surface area contributed by atoms with E-state index in [1.165, 1.54) is 24.8 Å². The molecule has 2 aromatic rings. The van der Waals surface area contributed by atoms with E-state index in [4.69, 9.17) is 5.41 Å². The normalized spacial score (nSPS) is 10.4. The van der Waals surface area contributed by atoms with Crippen LogP contribution in [-0.2, 0) is 6.42 Å². The number of aromatic nitrogens is 1. The van der Waals surface area contributed by atoms with Crippen molar-refractivity contribution >= 4 is 17.5 Å². The minimum Gasteiger partial charge on any atom is -0.326 e. The molecule has 2 rings (SSSR count). The van der Waals surface area contributed by atoms with Crippen LogP contribution in [0.4, 0.5) is 11.5 Å². The zero-order chi connectivity index (χ0) is 16.7. The molecule has 4 nitrogen and oxygen atoms in total. The maximum absolute atomic E-state index is 8.03. The summed E-state index contributed by atoms with van der Waals surface area (Å²) < 4.78 is 0. The first-order chi connectivity index (χ1) is 11.1. The number of hydrogen-bond donors (Lipinski definition) is 3. The topological polar surface area (TPSA) is 60.8 Å². The minimum absolute atomic E-state index is 0.223. The van der Waals surface area contributed by atoms with Gasteiger partial charge in [-0.3, -0.25) is 5.41 Å². The van der Waals surface area contributed by atoms with Gasteiger partial charge in [-0.25, -0.2) is 4.98 Å². The summed E-state index contributed by atoms with van der Waals surface area (Å²) in [5.41, 5.74) is 4.33. The molecule has 4 heteroatoms. The van der Waals surface area contributed by atoms with E-state index in [1.54, 1.807) is 0 Å². The molecule has 0 aliphatic carbocycles. The van der Waals surface area contributed by atoms with E-state index in [2.05, 4.69) is 34.7 Å². The number of hydrogen-bond acceptors (Lipinski definition) is 2. The second kappa shape index (κ2) is 8.32. The van der Waals surface area contributed by atoms with Gasteiger partial charge in [0.2, 0.25) is 0 Å². The van der Waals surface area contributed by atoms with Crippen molar-refractivity contribution in [2.24, 2.45) is 0 Å². The Labute approximate surface area is 138 Å². The van der Waals surface area contributed by atoms with Crippen LogP contribution < -0.4 is 10.6 Å². The fourth-order valence-corrected chi connectivity index (χ4v) is 2.54. The Bertz CT molecular complexity index is 627. The largest absolute Gasteiger partial charge is 0.326 e. The maximum atomic E-state index is 8.03. The molecule has 1 heterocycles. The molecule has 0 aliphatic rings. The minimum atomic E-state index is 0.223. The number of benzene rings is 1. The standard InChI is InChI=1S/C19H26N4/c1-4-5-6-7-16-8-10-17(11-9-16)22-19(20)23-18-13-14(2)12-15(3)21-18/h8-13H,4-7H2,1-3H3,(H3,20,21,22,23). The fraction of sp³-hybridized carbons (Fsp3) is 0.368. The van der Waals surface area contributed by atoms with Crippen LogP contribution in [0, 0.1) is 19.3 Å². The number of guanidine groups is 1. The van der Waals surface area contributed by atoms with Crippen LogP contribution in [0.15, 0.2) is 36.4 Å². The molecule has 0 aliphatic heterocycles. The van der Waals surface area contributed by atoms with Crippen molar-refractivity contribution in [2.45, 2.75) is 46.5 Å². The predicted molar refractivity (Wildman–Crippen MR) is 98.4 cm³/mol. The lowest BCUT2D eigenvalue weighted by Gasteiger charge is -2.11. The van der Waals surface area contributed by atoms with Crippen molar-refractivity contribution in [3.63, 3.8) is 0 Å². The number of pyridine rings is 1.